The molecule has 23 heavy (non-hydrogen) atoms. The average molecular weight is 370 g/mol. The van der Waals surface area contributed by atoms with Crippen molar-refractivity contribution in [1.82, 2.24) is 15.3 Å². The first-order valence-corrected chi connectivity index (χ1v) is 8.34. The summed E-state index contributed by atoms with van der Waals surface area (Å²) in [5, 5.41) is 3.37. The van der Waals surface area contributed by atoms with Gasteiger partial charge < -0.3 is 10.3 Å². The molecule has 2 aromatic carbocycles. The van der Waals surface area contributed by atoms with Crippen LogP contribution in [-0.2, 0) is 6.54 Å². The fourth-order valence-corrected chi connectivity index (χ4v) is 2.62. The maximum absolute atomic E-state index is 4.61. The summed E-state index contributed by atoms with van der Waals surface area (Å²) in [5.74, 6) is 0.992. The molecule has 0 aliphatic carbocycles. The van der Waals surface area contributed by atoms with Crippen LogP contribution in [0.1, 0.15) is 19.2 Å². The molecule has 3 rings (SSSR count). The number of terminal acetylenes is 1. The number of rotatable bonds is 5. The maximum Gasteiger partial charge on any atom is 0.121 e. The molecule has 0 unspecified atom stereocenters. The molecule has 0 fully saturated rings. The van der Waals surface area contributed by atoms with Crippen LogP contribution in [0.4, 0.5) is 0 Å². The minimum Gasteiger partial charge on any atom is -0.341 e. The molecule has 0 radical (unpaired) electrons. The zero-order chi connectivity index (χ0) is 16.7. The Labute approximate surface area is 145 Å². The van der Waals surface area contributed by atoms with Gasteiger partial charge in [-0.25, -0.2) is 4.98 Å². The molecule has 2 N–H and O–H groups in total. The zero-order valence-electron chi connectivity index (χ0n) is 13.1. The van der Waals surface area contributed by atoms with Crippen molar-refractivity contribution in [2.75, 3.05) is 6.54 Å². The van der Waals surface area contributed by atoms with Crippen molar-refractivity contribution in [3.63, 3.8) is 0 Å². The van der Waals surface area contributed by atoms with Gasteiger partial charge in [0.2, 0.25) is 0 Å². The summed E-state index contributed by atoms with van der Waals surface area (Å²) < 4.78 is 1.10. The van der Waals surface area contributed by atoms with E-state index in [9.17, 15) is 0 Å². The molecular formula is C19H20BrN3. The zero-order valence-corrected chi connectivity index (χ0v) is 14.7. The SMILES string of the molecule is C#C.CCCNCc1nc2ccc(-c3ccc(Br)cc3)cc2[nH]1. The Morgan fingerprint density at radius 1 is 1.09 bits per heavy atom. The third-order valence-electron chi connectivity index (χ3n) is 3.43. The number of benzene rings is 2. The second-order valence-corrected chi connectivity index (χ2v) is 6.01. The Kier molecular flexibility index (Phi) is 6.40. The number of fused-ring (bicyclic) bond motifs is 1. The van der Waals surface area contributed by atoms with Crippen molar-refractivity contribution >= 4 is 27.0 Å². The molecule has 3 aromatic rings. The van der Waals surface area contributed by atoms with Gasteiger partial charge in [0, 0.05) is 4.47 Å². The lowest BCUT2D eigenvalue weighted by Gasteiger charge is -2.01. The van der Waals surface area contributed by atoms with E-state index in [4.69, 9.17) is 0 Å². The van der Waals surface area contributed by atoms with E-state index >= 15 is 0 Å². The van der Waals surface area contributed by atoms with E-state index in [2.05, 4.69) is 93.4 Å². The molecule has 118 valence electrons. The van der Waals surface area contributed by atoms with Crippen LogP contribution in [0.2, 0.25) is 0 Å². The molecule has 3 nitrogen and oxygen atoms in total. The van der Waals surface area contributed by atoms with Gasteiger partial charge in [0.05, 0.1) is 17.6 Å². The molecule has 0 spiro atoms. The van der Waals surface area contributed by atoms with Gasteiger partial charge >= 0.3 is 0 Å². The molecule has 0 saturated carbocycles. The monoisotopic (exact) mass is 369 g/mol. The van der Waals surface area contributed by atoms with Crippen molar-refractivity contribution in [1.29, 1.82) is 0 Å². The Balaban J connectivity index is 0.000000924. The molecule has 4 heteroatoms. The molecule has 0 amide bonds. The summed E-state index contributed by atoms with van der Waals surface area (Å²) in [5.41, 5.74) is 4.51. The summed E-state index contributed by atoms with van der Waals surface area (Å²) in [4.78, 5) is 8.00. The second-order valence-electron chi connectivity index (χ2n) is 5.10. The minimum absolute atomic E-state index is 0.788. The lowest BCUT2D eigenvalue weighted by molar-refractivity contribution is 0.656. The number of aromatic nitrogens is 2. The maximum atomic E-state index is 4.61. The van der Waals surface area contributed by atoms with Crippen molar-refractivity contribution in [3.8, 4) is 24.0 Å². The van der Waals surface area contributed by atoms with Crippen LogP contribution in [0.5, 0.6) is 0 Å². The first-order valence-electron chi connectivity index (χ1n) is 7.55. The Morgan fingerprint density at radius 3 is 2.48 bits per heavy atom. The van der Waals surface area contributed by atoms with Crippen LogP contribution in [0.25, 0.3) is 22.2 Å². The topological polar surface area (TPSA) is 40.7 Å². The van der Waals surface area contributed by atoms with Gasteiger partial charge in [-0.15, -0.1) is 12.8 Å². The van der Waals surface area contributed by atoms with E-state index in [1.165, 1.54) is 11.1 Å². The quantitative estimate of drug-likeness (QED) is 0.503. The summed E-state index contributed by atoms with van der Waals surface area (Å²) in [7, 11) is 0. The highest BCUT2D eigenvalue weighted by Crippen LogP contribution is 2.24. The van der Waals surface area contributed by atoms with Gasteiger partial charge in [0.25, 0.3) is 0 Å². The van der Waals surface area contributed by atoms with Gasteiger partial charge in [-0.1, -0.05) is 41.1 Å². The number of imidazole rings is 1. The highest BCUT2D eigenvalue weighted by molar-refractivity contribution is 9.10. The van der Waals surface area contributed by atoms with Gasteiger partial charge in [0.1, 0.15) is 5.82 Å². The standard InChI is InChI=1S/C17H18BrN3.C2H2/c1-2-9-19-11-17-20-15-8-5-13(10-16(15)21-17)12-3-6-14(18)7-4-12;1-2/h3-8,10,19H,2,9,11H2,1H3,(H,20,21);1-2H. The molecule has 0 atom stereocenters. The van der Waals surface area contributed by atoms with Crippen molar-refractivity contribution < 1.29 is 0 Å². The van der Waals surface area contributed by atoms with Crippen LogP contribution in [-0.4, -0.2) is 16.5 Å². The first-order chi connectivity index (χ1) is 11.3. The van der Waals surface area contributed by atoms with E-state index < -0.39 is 0 Å². The smallest absolute Gasteiger partial charge is 0.121 e. The van der Waals surface area contributed by atoms with E-state index in [1.807, 2.05) is 0 Å². The number of hydrogen-bond acceptors (Lipinski definition) is 2. The van der Waals surface area contributed by atoms with Gasteiger partial charge in [0.15, 0.2) is 0 Å². The van der Waals surface area contributed by atoms with Crippen LogP contribution in [0, 0.1) is 12.8 Å². The van der Waals surface area contributed by atoms with Crippen LogP contribution in [0.15, 0.2) is 46.9 Å². The predicted octanol–water partition coefficient (Wildman–Crippen LogP) is 4.74. The van der Waals surface area contributed by atoms with E-state index in [1.54, 1.807) is 0 Å². The molecular weight excluding hydrogens is 350 g/mol. The Bertz CT molecular complexity index is 772. The summed E-state index contributed by atoms with van der Waals surface area (Å²) in [6.07, 6.45) is 9.13. The fourth-order valence-electron chi connectivity index (χ4n) is 2.35. The van der Waals surface area contributed by atoms with Crippen molar-refractivity contribution in [2.24, 2.45) is 0 Å². The van der Waals surface area contributed by atoms with Crippen LogP contribution < -0.4 is 5.32 Å². The summed E-state index contributed by atoms with van der Waals surface area (Å²) in [6.45, 7) is 3.97. The van der Waals surface area contributed by atoms with E-state index in [0.717, 1.165) is 40.8 Å². The Morgan fingerprint density at radius 2 is 1.78 bits per heavy atom. The first kappa shape index (κ1) is 17.3. The van der Waals surface area contributed by atoms with Gasteiger partial charge in [-0.2, -0.15) is 0 Å². The number of aromatic amines is 1. The van der Waals surface area contributed by atoms with Crippen molar-refractivity contribution in [3.05, 3.63) is 52.8 Å². The van der Waals surface area contributed by atoms with Gasteiger partial charge in [-0.3, -0.25) is 0 Å². The molecule has 1 heterocycles. The van der Waals surface area contributed by atoms with Crippen LogP contribution >= 0.6 is 15.9 Å². The third-order valence-corrected chi connectivity index (χ3v) is 3.96. The minimum atomic E-state index is 0.788. The molecule has 0 saturated heterocycles. The van der Waals surface area contributed by atoms with Crippen molar-refractivity contribution in [2.45, 2.75) is 19.9 Å². The molecule has 0 aliphatic heterocycles. The number of nitrogens with one attached hydrogen (secondary N) is 2. The van der Waals surface area contributed by atoms with E-state index in [0.29, 0.717) is 0 Å². The predicted molar refractivity (Wildman–Crippen MR) is 101 cm³/mol. The molecule has 0 bridgehead atoms. The number of nitrogens with zero attached hydrogens (tertiary/aromatic N) is 1. The lowest BCUT2D eigenvalue weighted by atomic mass is 10.1. The number of halogens is 1. The lowest BCUT2D eigenvalue weighted by Crippen LogP contribution is -2.14. The third kappa shape index (κ3) is 4.44. The largest absolute Gasteiger partial charge is 0.341 e. The summed E-state index contributed by atoms with van der Waals surface area (Å²) in [6, 6.07) is 14.7. The average Bonchev–Trinajstić information content (AvgIpc) is 2.99. The number of H-pyrrole nitrogens is 1. The van der Waals surface area contributed by atoms with E-state index in [-0.39, 0.29) is 0 Å². The Hall–Kier alpha value is -2.09. The second kappa shape index (κ2) is 8.52. The highest BCUT2D eigenvalue weighted by atomic mass is 79.9. The summed E-state index contributed by atoms with van der Waals surface area (Å²) >= 11 is 3.47. The fraction of sp³-hybridized carbons (Fsp3) is 0.211. The highest BCUT2D eigenvalue weighted by Gasteiger charge is 2.05. The van der Waals surface area contributed by atoms with Crippen LogP contribution in [0.3, 0.4) is 0 Å². The normalized spacial score (nSPS) is 10.3. The van der Waals surface area contributed by atoms with Gasteiger partial charge in [-0.05, 0) is 48.4 Å². The number of hydrogen-bond donors (Lipinski definition) is 2. The molecule has 1 aromatic heterocycles. The molecule has 0 aliphatic rings.